The topological polar surface area (TPSA) is 77.4 Å². The first kappa shape index (κ1) is 19.9. The first-order valence-electron chi connectivity index (χ1n) is 8.08. The Labute approximate surface area is 161 Å². The molecule has 0 unspecified atom stereocenters. The Morgan fingerprint density at radius 3 is 2.73 bits per heavy atom. The average Bonchev–Trinajstić information content (AvgIpc) is 3.05. The van der Waals surface area contributed by atoms with Gasteiger partial charge in [-0.15, -0.1) is 6.42 Å². The summed E-state index contributed by atoms with van der Waals surface area (Å²) >= 11 is 12.2. The van der Waals surface area contributed by atoms with Gasteiger partial charge in [0, 0.05) is 10.0 Å². The van der Waals surface area contributed by atoms with Crippen LogP contribution in [0.4, 0.5) is 0 Å². The predicted molar refractivity (Wildman–Crippen MR) is 94.6 cm³/mol. The number of aliphatic hydroxyl groups is 2. The smallest absolute Gasteiger partial charge is 0.191 e. The lowest BCUT2D eigenvalue weighted by atomic mass is 9.89. The fourth-order valence-corrected chi connectivity index (χ4v) is 3.59. The summed E-state index contributed by atoms with van der Waals surface area (Å²) in [7, 11) is 0. The first-order chi connectivity index (χ1) is 12.2. The summed E-state index contributed by atoms with van der Waals surface area (Å²) in [5.74, 6) is 1.63. The highest BCUT2D eigenvalue weighted by Gasteiger charge is 2.65. The van der Waals surface area contributed by atoms with E-state index < -0.39 is 42.6 Å². The Morgan fingerprint density at radius 2 is 2.08 bits per heavy atom. The van der Waals surface area contributed by atoms with Gasteiger partial charge in [0.1, 0.15) is 12.2 Å². The molecule has 6 nitrogen and oxygen atoms in total. The maximum atomic E-state index is 10.2. The van der Waals surface area contributed by atoms with E-state index in [1.807, 2.05) is 0 Å². The Balaban J connectivity index is 1.91. The second-order valence-electron chi connectivity index (χ2n) is 6.69. The molecule has 0 saturated carbocycles. The molecule has 2 saturated heterocycles. The number of hydrogen-bond acceptors (Lipinski definition) is 6. The molecule has 142 valence electrons. The van der Waals surface area contributed by atoms with Crippen LogP contribution in [0.3, 0.4) is 0 Å². The highest BCUT2D eigenvalue weighted by molar-refractivity contribution is 6.33. The number of fused-ring (bicyclic) bond motifs is 1. The van der Waals surface area contributed by atoms with Crippen molar-refractivity contribution >= 4 is 23.2 Å². The summed E-state index contributed by atoms with van der Waals surface area (Å²) in [6.45, 7) is 2.90. The summed E-state index contributed by atoms with van der Waals surface area (Å²) in [4.78, 5) is 0. The summed E-state index contributed by atoms with van der Waals surface area (Å²) < 4.78 is 23.3. The maximum absolute atomic E-state index is 10.2. The first-order valence-corrected chi connectivity index (χ1v) is 8.83. The van der Waals surface area contributed by atoms with Crippen LogP contribution in [0.5, 0.6) is 0 Å². The second kappa shape index (κ2) is 7.27. The van der Waals surface area contributed by atoms with Crippen LogP contribution in [0, 0.1) is 12.3 Å². The fourth-order valence-electron chi connectivity index (χ4n) is 3.22. The van der Waals surface area contributed by atoms with Crippen LogP contribution in [0.1, 0.15) is 19.4 Å². The average molecular weight is 403 g/mol. The lowest BCUT2D eigenvalue weighted by Crippen LogP contribution is -2.55. The van der Waals surface area contributed by atoms with E-state index in [1.165, 1.54) is 0 Å². The lowest BCUT2D eigenvalue weighted by molar-refractivity contribution is -0.243. The molecule has 0 amide bonds. The van der Waals surface area contributed by atoms with Crippen molar-refractivity contribution in [3.63, 3.8) is 0 Å². The highest BCUT2D eigenvalue weighted by Crippen LogP contribution is 2.46. The van der Waals surface area contributed by atoms with Crippen LogP contribution >= 0.6 is 23.2 Å². The molecule has 0 aromatic heterocycles. The van der Waals surface area contributed by atoms with Crippen LogP contribution in [0.2, 0.25) is 10.0 Å². The van der Waals surface area contributed by atoms with Gasteiger partial charge >= 0.3 is 0 Å². The standard InChI is InChI=1S/C18H20Cl2O6/c1-4-18(23-9-10-7-11(19)5-6-12(10)20)14(13(22)8-21)24-16-15(18)25-17(2,3)26-16/h1,5-7,13-16,21-22H,8-9H2,2-3H3/t13-,14-,15+,16-,18-/m1/s1. The zero-order chi connectivity index (χ0) is 19.1. The van der Waals surface area contributed by atoms with Gasteiger partial charge in [-0.05, 0) is 37.6 Å². The number of benzene rings is 1. The van der Waals surface area contributed by atoms with Gasteiger partial charge in [0.25, 0.3) is 0 Å². The van der Waals surface area contributed by atoms with Crippen LogP contribution in [0.25, 0.3) is 0 Å². The van der Waals surface area contributed by atoms with E-state index in [9.17, 15) is 10.2 Å². The Kier molecular flexibility index (Phi) is 5.55. The van der Waals surface area contributed by atoms with Crippen molar-refractivity contribution in [1.82, 2.24) is 0 Å². The molecule has 3 rings (SSSR count). The molecule has 2 N–H and O–H groups in total. The van der Waals surface area contributed by atoms with Crippen molar-refractivity contribution in [2.45, 2.75) is 56.4 Å². The maximum Gasteiger partial charge on any atom is 0.191 e. The summed E-state index contributed by atoms with van der Waals surface area (Å²) in [6, 6.07) is 4.97. The van der Waals surface area contributed by atoms with E-state index in [0.717, 1.165) is 0 Å². The summed E-state index contributed by atoms with van der Waals surface area (Å²) in [5.41, 5.74) is -0.862. The molecule has 26 heavy (non-hydrogen) atoms. The molecule has 2 aliphatic rings. The van der Waals surface area contributed by atoms with E-state index in [1.54, 1.807) is 32.0 Å². The van der Waals surface area contributed by atoms with Crippen molar-refractivity contribution in [2.75, 3.05) is 6.61 Å². The number of terminal acetylenes is 1. The van der Waals surface area contributed by atoms with Gasteiger partial charge in [-0.25, -0.2) is 0 Å². The quantitative estimate of drug-likeness (QED) is 0.734. The SMILES string of the molecule is C#C[C@@]1(OCc2cc(Cl)ccc2Cl)[C@@H]([C@H](O)CO)O[C@@H]2OC(C)(C)O[C@@H]21. The molecule has 5 atom stereocenters. The summed E-state index contributed by atoms with van der Waals surface area (Å²) in [5, 5.41) is 20.5. The van der Waals surface area contributed by atoms with E-state index in [0.29, 0.717) is 15.6 Å². The van der Waals surface area contributed by atoms with Crippen molar-refractivity contribution < 1.29 is 29.2 Å². The largest absolute Gasteiger partial charge is 0.394 e. The Hall–Kier alpha value is -0.880. The van der Waals surface area contributed by atoms with E-state index in [4.69, 9.17) is 48.6 Å². The molecule has 2 aliphatic heterocycles. The van der Waals surface area contributed by atoms with Crippen molar-refractivity contribution in [3.8, 4) is 12.3 Å². The van der Waals surface area contributed by atoms with Crippen molar-refractivity contribution in [3.05, 3.63) is 33.8 Å². The number of rotatable bonds is 5. The van der Waals surface area contributed by atoms with Gasteiger partial charge in [-0.1, -0.05) is 29.1 Å². The molecule has 2 fully saturated rings. The molecule has 0 radical (unpaired) electrons. The minimum atomic E-state index is -1.48. The van der Waals surface area contributed by atoms with Gasteiger partial charge in [-0.2, -0.15) is 0 Å². The minimum absolute atomic E-state index is 0.00854. The van der Waals surface area contributed by atoms with Gasteiger partial charge in [0.15, 0.2) is 23.8 Å². The second-order valence-corrected chi connectivity index (χ2v) is 7.54. The fraction of sp³-hybridized carbons (Fsp3) is 0.556. The third-order valence-electron chi connectivity index (χ3n) is 4.42. The zero-order valence-corrected chi connectivity index (χ0v) is 15.8. The number of ether oxygens (including phenoxy) is 4. The number of aliphatic hydroxyl groups excluding tert-OH is 2. The molecule has 1 aromatic rings. The molecule has 0 bridgehead atoms. The van der Waals surface area contributed by atoms with Gasteiger partial charge in [0.05, 0.1) is 13.2 Å². The molecule has 0 aliphatic carbocycles. The highest BCUT2D eigenvalue weighted by atomic mass is 35.5. The van der Waals surface area contributed by atoms with E-state index in [-0.39, 0.29) is 6.61 Å². The summed E-state index contributed by atoms with van der Waals surface area (Å²) in [6.07, 6.45) is 1.85. The zero-order valence-electron chi connectivity index (χ0n) is 14.3. The predicted octanol–water partition coefficient (Wildman–Crippen LogP) is 2.11. The van der Waals surface area contributed by atoms with Crippen LogP contribution in [0.15, 0.2) is 18.2 Å². The van der Waals surface area contributed by atoms with E-state index >= 15 is 0 Å². The monoisotopic (exact) mass is 402 g/mol. The molecular weight excluding hydrogens is 383 g/mol. The molecule has 8 heteroatoms. The van der Waals surface area contributed by atoms with Crippen LogP contribution in [-0.2, 0) is 25.6 Å². The molecule has 0 spiro atoms. The Bertz CT molecular complexity index is 718. The normalized spacial score (nSPS) is 33.7. The van der Waals surface area contributed by atoms with Crippen molar-refractivity contribution in [2.24, 2.45) is 0 Å². The lowest BCUT2D eigenvalue weighted by Gasteiger charge is -2.35. The minimum Gasteiger partial charge on any atom is -0.394 e. The van der Waals surface area contributed by atoms with Crippen LogP contribution < -0.4 is 0 Å². The molecule has 2 heterocycles. The molecular formula is C18H20Cl2O6. The third kappa shape index (κ3) is 3.47. The molecule has 1 aromatic carbocycles. The Morgan fingerprint density at radius 1 is 1.35 bits per heavy atom. The number of hydrogen-bond donors (Lipinski definition) is 2. The van der Waals surface area contributed by atoms with Crippen molar-refractivity contribution in [1.29, 1.82) is 0 Å². The van der Waals surface area contributed by atoms with E-state index in [2.05, 4.69) is 5.92 Å². The van der Waals surface area contributed by atoms with Gasteiger partial charge < -0.3 is 29.2 Å². The van der Waals surface area contributed by atoms with Gasteiger partial charge in [0.2, 0.25) is 0 Å². The third-order valence-corrected chi connectivity index (χ3v) is 5.02. The van der Waals surface area contributed by atoms with Crippen LogP contribution in [-0.4, -0.2) is 52.8 Å². The number of halogens is 2. The van der Waals surface area contributed by atoms with Gasteiger partial charge in [-0.3, -0.25) is 0 Å².